The molecule has 0 bridgehead atoms. The maximum atomic E-state index is 13.1. The molecule has 184 valence electrons. The fraction of sp³-hybridized carbons (Fsp3) is 0.370. The van der Waals surface area contributed by atoms with Gasteiger partial charge >= 0.3 is 0 Å². The van der Waals surface area contributed by atoms with Gasteiger partial charge in [-0.05, 0) is 26.0 Å². The van der Waals surface area contributed by atoms with E-state index in [9.17, 15) is 4.79 Å². The third-order valence-corrected chi connectivity index (χ3v) is 7.32. The molecule has 36 heavy (non-hydrogen) atoms. The Kier molecular flexibility index (Phi) is 6.06. The lowest BCUT2D eigenvalue weighted by atomic mass is 9.92. The van der Waals surface area contributed by atoms with E-state index in [1.54, 1.807) is 12.4 Å². The average molecular weight is 484 g/mol. The topological polar surface area (TPSA) is 91.5 Å². The number of piperazine rings is 1. The molecule has 2 aliphatic rings. The molecule has 2 aliphatic heterocycles. The third kappa shape index (κ3) is 4.42. The van der Waals surface area contributed by atoms with Crippen molar-refractivity contribution in [3.63, 3.8) is 0 Å². The van der Waals surface area contributed by atoms with Gasteiger partial charge in [-0.1, -0.05) is 35.5 Å². The number of hydrogen-bond donors (Lipinski definition) is 0. The minimum absolute atomic E-state index is 0.120. The second-order valence-electron chi connectivity index (χ2n) is 9.62. The van der Waals surface area contributed by atoms with Gasteiger partial charge in [-0.15, -0.1) is 0 Å². The molecule has 2 fully saturated rings. The summed E-state index contributed by atoms with van der Waals surface area (Å²) in [5, 5.41) is 4.09. The van der Waals surface area contributed by atoms with E-state index in [4.69, 9.17) is 9.51 Å². The fourth-order valence-corrected chi connectivity index (χ4v) is 5.12. The van der Waals surface area contributed by atoms with Gasteiger partial charge in [0.05, 0.1) is 23.1 Å². The molecule has 5 heterocycles. The molecule has 1 aromatic carbocycles. The number of nitrogens with zero attached hydrogens (tertiary/aromatic N) is 7. The molecule has 0 N–H and O–H groups in total. The molecule has 9 heteroatoms. The minimum atomic E-state index is -0.120. The Balaban J connectivity index is 1.14. The van der Waals surface area contributed by atoms with E-state index in [1.807, 2.05) is 41.4 Å². The molecule has 0 atom stereocenters. The van der Waals surface area contributed by atoms with E-state index in [1.165, 1.54) is 0 Å². The van der Waals surface area contributed by atoms with E-state index < -0.39 is 0 Å². The Labute approximate surface area is 209 Å². The van der Waals surface area contributed by atoms with Gasteiger partial charge in [-0.3, -0.25) is 9.78 Å². The van der Waals surface area contributed by atoms with Crippen LogP contribution in [0.3, 0.4) is 0 Å². The van der Waals surface area contributed by atoms with Crippen LogP contribution in [-0.2, 0) is 0 Å². The van der Waals surface area contributed by atoms with Crippen molar-refractivity contribution in [3.05, 3.63) is 66.4 Å². The summed E-state index contributed by atoms with van der Waals surface area (Å²) in [7, 11) is 2.15. The normalized spacial score (nSPS) is 17.6. The lowest BCUT2D eigenvalue weighted by Gasteiger charge is -2.34. The van der Waals surface area contributed by atoms with E-state index in [2.05, 4.69) is 38.0 Å². The Hall–Kier alpha value is -3.85. The molecule has 6 rings (SSSR count). The molecular formula is C27H29N7O2. The van der Waals surface area contributed by atoms with Gasteiger partial charge in [0.1, 0.15) is 17.5 Å². The van der Waals surface area contributed by atoms with Gasteiger partial charge in [0, 0.05) is 56.8 Å². The van der Waals surface area contributed by atoms with Crippen molar-refractivity contribution in [1.82, 2.24) is 29.9 Å². The summed E-state index contributed by atoms with van der Waals surface area (Å²) < 4.78 is 5.39. The van der Waals surface area contributed by atoms with Crippen LogP contribution in [0.1, 0.15) is 35.0 Å². The van der Waals surface area contributed by atoms with Crippen molar-refractivity contribution in [2.45, 2.75) is 18.8 Å². The van der Waals surface area contributed by atoms with Crippen LogP contribution in [0.25, 0.3) is 22.3 Å². The number of likely N-dealkylation sites (N-methyl/N-ethyl adjacent to an activating group) is 1. The number of benzene rings is 1. The van der Waals surface area contributed by atoms with Crippen molar-refractivity contribution >= 4 is 22.6 Å². The Morgan fingerprint density at radius 1 is 0.944 bits per heavy atom. The zero-order chi connectivity index (χ0) is 24.5. The first-order valence-corrected chi connectivity index (χ1v) is 12.5. The number of piperidine rings is 1. The predicted molar refractivity (Wildman–Crippen MR) is 137 cm³/mol. The molecule has 9 nitrogen and oxygen atoms in total. The van der Waals surface area contributed by atoms with Crippen LogP contribution in [0.2, 0.25) is 0 Å². The van der Waals surface area contributed by atoms with Crippen molar-refractivity contribution in [3.8, 4) is 11.3 Å². The number of rotatable bonds is 4. The number of likely N-dealkylation sites (tertiary alicyclic amines) is 1. The average Bonchev–Trinajstić information content (AvgIpc) is 3.44. The first kappa shape index (κ1) is 22.6. The zero-order valence-electron chi connectivity index (χ0n) is 20.4. The van der Waals surface area contributed by atoms with Crippen molar-refractivity contribution < 1.29 is 9.32 Å². The number of anilines is 1. The summed E-state index contributed by atoms with van der Waals surface area (Å²) >= 11 is 0. The van der Waals surface area contributed by atoms with Gasteiger partial charge in [0.2, 0.25) is 5.76 Å². The Morgan fingerprint density at radius 3 is 2.50 bits per heavy atom. The van der Waals surface area contributed by atoms with Crippen LogP contribution in [-0.4, -0.2) is 82.1 Å². The number of hydrogen-bond acceptors (Lipinski definition) is 8. The van der Waals surface area contributed by atoms with Gasteiger partial charge in [-0.25, -0.2) is 9.97 Å². The highest BCUT2D eigenvalue weighted by Crippen LogP contribution is 2.32. The number of carbonyl (C=O) groups is 1. The molecule has 2 saturated heterocycles. The minimum Gasteiger partial charge on any atom is -0.368 e. The third-order valence-electron chi connectivity index (χ3n) is 7.32. The summed E-state index contributed by atoms with van der Waals surface area (Å²) in [5.74, 6) is 0.389. The zero-order valence-corrected chi connectivity index (χ0v) is 20.4. The van der Waals surface area contributed by atoms with Crippen LogP contribution in [0.15, 0.2) is 59.5 Å². The van der Waals surface area contributed by atoms with E-state index in [0.29, 0.717) is 18.8 Å². The van der Waals surface area contributed by atoms with E-state index in [-0.39, 0.29) is 17.6 Å². The number of aromatic nitrogens is 4. The summed E-state index contributed by atoms with van der Waals surface area (Å²) in [6, 6.07) is 13.6. The first-order chi connectivity index (χ1) is 17.7. The summed E-state index contributed by atoms with van der Waals surface area (Å²) in [5.41, 5.74) is 5.43. The fourth-order valence-electron chi connectivity index (χ4n) is 5.12. The highest BCUT2D eigenvalue weighted by molar-refractivity contribution is 5.92. The SMILES string of the molecule is CN1CCN(c2cnc3c(C4CCN(C(=O)c5cc(-c6ccccc6)no5)CC4)ncnc3c2)CC1. The number of amides is 1. The second-order valence-corrected chi connectivity index (χ2v) is 9.62. The molecule has 1 amide bonds. The number of pyridine rings is 1. The highest BCUT2D eigenvalue weighted by atomic mass is 16.5. The van der Waals surface area contributed by atoms with Crippen LogP contribution < -0.4 is 4.90 Å². The van der Waals surface area contributed by atoms with Crippen LogP contribution >= 0.6 is 0 Å². The smallest absolute Gasteiger partial charge is 0.292 e. The maximum absolute atomic E-state index is 13.1. The van der Waals surface area contributed by atoms with Gasteiger partial charge in [0.15, 0.2) is 0 Å². The summed E-state index contributed by atoms with van der Waals surface area (Å²) in [6.45, 7) is 5.35. The van der Waals surface area contributed by atoms with E-state index >= 15 is 0 Å². The van der Waals surface area contributed by atoms with E-state index in [0.717, 1.165) is 67.0 Å². The first-order valence-electron chi connectivity index (χ1n) is 12.5. The molecular weight excluding hydrogens is 454 g/mol. The summed E-state index contributed by atoms with van der Waals surface area (Å²) in [6.07, 6.45) is 5.23. The van der Waals surface area contributed by atoms with Crippen LogP contribution in [0, 0.1) is 0 Å². The standard InChI is InChI=1S/C27H29N7O2/c1-32-11-13-33(14-12-32)21-15-23-26(28-17-21)25(30-18-29-23)20-7-9-34(10-8-20)27(35)24-16-22(31-36-24)19-5-3-2-4-6-19/h2-6,15-18,20H,7-14H2,1H3. The lowest BCUT2D eigenvalue weighted by Crippen LogP contribution is -2.44. The molecule has 0 saturated carbocycles. The van der Waals surface area contributed by atoms with Gasteiger partial charge < -0.3 is 19.2 Å². The number of carbonyl (C=O) groups excluding carboxylic acids is 1. The largest absolute Gasteiger partial charge is 0.368 e. The van der Waals surface area contributed by atoms with Crippen LogP contribution in [0.5, 0.6) is 0 Å². The van der Waals surface area contributed by atoms with Gasteiger partial charge in [-0.2, -0.15) is 0 Å². The number of fused-ring (bicyclic) bond motifs is 1. The van der Waals surface area contributed by atoms with Crippen molar-refractivity contribution in [2.24, 2.45) is 0 Å². The lowest BCUT2D eigenvalue weighted by molar-refractivity contribution is 0.0670. The van der Waals surface area contributed by atoms with Crippen molar-refractivity contribution in [1.29, 1.82) is 0 Å². The molecule has 0 spiro atoms. The molecule has 4 aromatic rings. The van der Waals surface area contributed by atoms with Crippen LogP contribution in [0.4, 0.5) is 5.69 Å². The van der Waals surface area contributed by atoms with Crippen molar-refractivity contribution in [2.75, 3.05) is 51.2 Å². The highest BCUT2D eigenvalue weighted by Gasteiger charge is 2.29. The summed E-state index contributed by atoms with van der Waals surface area (Å²) in [4.78, 5) is 33.5. The Morgan fingerprint density at radius 2 is 1.72 bits per heavy atom. The monoisotopic (exact) mass is 483 g/mol. The molecule has 0 aliphatic carbocycles. The maximum Gasteiger partial charge on any atom is 0.292 e. The Bertz CT molecular complexity index is 1360. The quantitative estimate of drug-likeness (QED) is 0.436. The molecule has 0 radical (unpaired) electrons. The predicted octanol–water partition coefficient (Wildman–Crippen LogP) is 3.45. The second kappa shape index (κ2) is 9.66. The molecule has 3 aromatic heterocycles. The molecule has 0 unspecified atom stereocenters. The van der Waals surface area contributed by atoms with Gasteiger partial charge in [0.25, 0.3) is 5.91 Å².